The second-order valence-corrected chi connectivity index (χ2v) is 5.83. The van der Waals surface area contributed by atoms with E-state index in [0.29, 0.717) is 16.9 Å². The Labute approximate surface area is 157 Å². The standard InChI is InChI=1S/C15H17O3.C5H5.Fe/c1-9(2)15(17)13(16)12(11-7-5-6-8-11)14(15)18-10(3)4;1-2-4-5-3-1;/h5-8,10,17H,1H2,2-4H3;1-5H;. The zero-order valence-corrected chi connectivity index (χ0v) is 15.2. The smallest absolute Gasteiger partial charge is 0.206 e. The molecule has 2 saturated carbocycles. The van der Waals surface area contributed by atoms with Gasteiger partial charge in [-0.25, -0.2) is 0 Å². The molecule has 3 nitrogen and oxygen atoms in total. The van der Waals surface area contributed by atoms with Crippen LogP contribution in [0, 0.1) is 63.7 Å². The topological polar surface area (TPSA) is 46.5 Å². The maximum absolute atomic E-state index is 12.2. The van der Waals surface area contributed by atoms with E-state index in [-0.39, 0.29) is 29.0 Å². The molecule has 1 atom stereocenters. The predicted molar refractivity (Wildman–Crippen MR) is 90.0 cm³/mol. The van der Waals surface area contributed by atoms with Crippen LogP contribution in [-0.4, -0.2) is 22.6 Å². The van der Waals surface area contributed by atoms with Gasteiger partial charge in [-0.15, -0.1) is 0 Å². The van der Waals surface area contributed by atoms with Gasteiger partial charge in [0.2, 0.25) is 11.4 Å². The number of rotatable bonds is 4. The minimum atomic E-state index is -1.66. The predicted octanol–water partition coefficient (Wildman–Crippen LogP) is 2.98. The Hall–Kier alpha value is -0.571. The van der Waals surface area contributed by atoms with Crippen LogP contribution in [0.4, 0.5) is 0 Å². The Bertz CT molecular complexity index is 478. The van der Waals surface area contributed by atoms with E-state index in [9.17, 15) is 9.90 Å². The quantitative estimate of drug-likeness (QED) is 0.615. The number of hydrogen-bond donors (Lipinski definition) is 1. The van der Waals surface area contributed by atoms with E-state index in [1.165, 1.54) is 0 Å². The van der Waals surface area contributed by atoms with Gasteiger partial charge in [-0.1, -0.05) is 6.58 Å². The third-order valence-electron chi connectivity index (χ3n) is 3.59. The van der Waals surface area contributed by atoms with Crippen LogP contribution in [0.25, 0.3) is 0 Å². The summed E-state index contributed by atoms with van der Waals surface area (Å²) in [5, 5.41) is 10.4. The summed E-state index contributed by atoms with van der Waals surface area (Å²) in [5.74, 6) is 0.764. The molecule has 3 rings (SSSR count). The molecule has 1 unspecified atom stereocenters. The van der Waals surface area contributed by atoms with Crippen molar-refractivity contribution < 1.29 is 31.7 Å². The number of hydrogen-bond acceptors (Lipinski definition) is 3. The minimum Gasteiger partial charge on any atom is -0.491 e. The molecule has 0 amide bonds. The Morgan fingerprint density at radius 2 is 1.54 bits per heavy atom. The summed E-state index contributed by atoms with van der Waals surface area (Å²) < 4.78 is 5.62. The first-order chi connectivity index (χ1) is 10.9. The number of ketones is 1. The third kappa shape index (κ3) is 4.33. The van der Waals surface area contributed by atoms with Crippen LogP contribution < -0.4 is 0 Å². The van der Waals surface area contributed by atoms with E-state index in [2.05, 4.69) is 6.58 Å². The van der Waals surface area contributed by atoms with E-state index in [0.717, 1.165) is 5.92 Å². The van der Waals surface area contributed by atoms with Crippen molar-refractivity contribution >= 4 is 5.78 Å². The fraction of sp³-hybridized carbons (Fsp3) is 0.250. The molecule has 0 saturated heterocycles. The molecule has 3 aliphatic rings. The summed E-state index contributed by atoms with van der Waals surface area (Å²) in [6, 6.07) is 0. The van der Waals surface area contributed by atoms with E-state index in [1.54, 1.807) is 6.92 Å². The molecule has 0 heterocycles. The molecule has 0 aromatic heterocycles. The third-order valence-corrected chi connectivity index (χ3v) is 3.59. The molecule has 0 aromatic rings. The molecule has 4 heteroatoms. The fourth-order valence-corrected chi connectivity index (χ4v) is 2.40. The maximum atomic E-state index is 12.2. The molecule has 2 fully saturated rings. The zero-order chi connectivity index (χ0) is 17.0. The van der Waals surface area contributed by atoms with Gasteiger partial charge >= 0.3 is 0 Å². The number of carbonyl (C=O) groups is 1. The first-order valence-electron chi connectivity index (χ1n) is 7.62. The molecule has 3 aliphatic carbocycles. The van der Waals surface area contributed by atoms with Crippen molar-refractivity contribution in [3.63, 3.8) is 0 Å². The van der Waals surface area contributed by atoms with Gasteiger partial charge in [-0.2, -0.15) is 0 Å². The van der Waals surface area contributed by atoms with Gasteiger partial charge in [-0.3, -0.25) is 4.79 Å². The summed E-state index contributed by atoms with van der Waals surface area (Å²) in [5.41, 5.74) is -0.811. The second kappa shape index (κ2) is 9.22. The Morgan fingerprint density at radius 3 is 1.92 bits per heavy atom. The van der Waals surface area contributed by atoms with Gasteiger partial charge in [0.1, 0.15) is 5.76 Å². The average molecular weight is 366 g/mol. The SMILES string of the molecule is C=C(C)C1(O)C(=O)C([C]2[CH][CH][CH][CH]2)=C1OC(C)C.[CH]1[CH][CH][CH][CH]1.[Fe]. The molecule has 128 valence electrons. The van der Waals surface area contributed by atoms with E-state index in [4.69, 9.17) is 4.74 Å². The monoisotopic (exact) mass is 366 g/mol. The minimum absolute atomic E-state index is 0. The largest absolute Gasteiger partial charge is 0.491 e. The second-order valence-electron chi connectivity index (χ2n) is 5.83. The van der Waals surface area contributed by atoms with Crippen LogP contribution in [0.15, 0.2) is 23.5 Å². The van der Waals surface area contributed by atoms with Crippen molar-refractivity contribution in [2.45, 2.75) is 32.5 Å². The van der Waals surface area contributed by atoms with E-state index < -0.39 is 5.60 Å². The number of aliphatic hydroxyl groups is 1. The van der Waals surface area contributed by atoms with Crippen LogP contribution in [0.1, 0.15) is 20.8 Å². The summed E-state index contributed by atoms with van der Waals surface area (Å²) in [6.07, 6.45) is 17.2. The Morgan fingerprint density at radius 1 is 1.08 bits per heavy atom. The molecule has 10 radical (unpaired) electrons. The fourth-order valence-electron chi connectivity index (χ4n) is 2.40. The van der Waals surface area contributed by atoms with Gasteiger partial charge in [-0.05, 0) is 84.1 Å². The van der Waals surface area contributed by atoms with Crippen LogP contribution in [0.5, 0.6) is 0 Å². The van der Waals surface area contributed by atoms with Gasteiger partial charge in [0, 0.05) is 28.6 Å². The number of ether oxygens (including phenoxy) is 1. The number of Topliss-reactive ketones (excluding diaryl/α,β-unsaturated/α-hetero) is 1. The summed E-state index contributed by atoms with van der Waals surface area (Å²) >= 11 is 0. The Balaban J connectivity index is 0.000000412. The number of carbonyl (C=O) groups excluding carboxylic acids is 1. The maximum Gasteiger partial charge on any atom is 0.206 e. The molecule has 1 N–H and O–H groups in total. The van der Waals surface area contributed by atoms with E-state index >= 15 is 0 Å². The van der Waals surface area contributed by atoms with Gasteiger partial charge in [0.25, 0.3) is 0 Å². The summed E-state index contributed by atoms with van der Waals surface area (Å²) in [7, 11) is 0. The summed E-state index contributed by atoms with van der Waals surface area (Å²) in [4.78, 5) is 12.2. The van der Waals surface area contributed by atoms with Crippen LogP contribution in [0.2, 0.25) is 0 Å². The molecule has 24 heavy (non-hydrogen) atoms. The van der Waals surface area contributed by atoms with Crippen LogP contribution in [0.3, 0.4) is 0 Å². The van der Waals surface area contributed by atoms with E-state index in [1.807, 2.05) is 71.6 Å². The molecule has 0 aliphatic heterocycles. The van der Waals surface area contributed by atoms with Gasteiger partial charge in [0.15, 0.2) is 0 Å². The van der Waals surface area contributed by atoms with Gasteiger partial charge < -0.3 is 9.84 Å². The van der Waals surface area contributed by atoms with Crippen LogP contribution >= 0.6 is 0 Å². The molecular formula is C20H22FeO3. The normalized spacial score (nSPS) is 26.6. The van der Waals surface area contributed by atoms with Crippen molar-refractivity contribution in [3.8, 4) is 0 Å². The molecular weight excluding hydrogens is 344 g/mol. The van der Waals surface area contributed by atoms with Crippen molar-refractivity contribution in [2.75, 3.05) is 0 Å². The van der Waals surface area contributed by atoms with Crippen molar-refractivity contribution in [2.24, 2.45) is 0 Å². The van der Waals surface area contributed by atoms with Gasteiger partial charge in [0.05, 0.1) is 6.10 Å². The first kappa shape index (κ1) is 21.5. The van der Waals surface area contributed by atoms with Crippen LogP contribution in [-0.2, 0) is 26.6 Å². The molecule has 0 bridgehead atoms. The summed E-state index contributed by atoms with van der Waals surface area (Å²) in [6.45, 7) is 9.03. The first-order valence-corrected chi connectivity index (χ1v) is 7.62. The molecule has 0 spiro atoms. The van der Waals surface area contributed by atoms with Crippen molar-refractivity contribution in [3.05, 3.63) is 87.2 Å². The Kier molecular flexibility index (Phi) is 8.25. The van der Waals surface area contributed by atoms with Crippen molar-refractivity contribution in [1.29, 1.82) is 0 Å². The molecule has 0 aromatic carbocycles. The average Bonchev–Trinajstić information content (AvgIpc) is 3.21. The zero-order valence-electron chi connectivity index (χ0n) is 14.1. The van der Waals surface area contributed by atoms with Crippen molar-refractivity contribution in [1.82, 2.24) is 0 Å².